The molecule has 0 saturated heterocycles. The molecule has 0 bridgehead atoms. The lowest BCUT2D eigenvalue weighted by atomic mass is 9.95. The number of aryl methyl sites for hydroxylation is 1. The van der Waals surface area contributed by atoms with E-state index >= 15 is 0 Å². The molecule has 0 aliphatic heterocycles. The first-order chi connectivity index (χ1) is 44.9. The van der Waals surface area contributed by atoms with Gasteiger partial charge in [-0.1, -0.05) is 218 Å². The molecule has 6 heterocycles. The number of hydrogen-bond donors (Lipinski definition) is 0. The van der Waals surface area contributed by atoms with Crippen molar-refractivity contribution in [1.29, 1.82) is 0 Å². The third-order valence-corrected chi connectivity index (χ3v) is 17.3. The summed E-state index contributed by atoms with van der Waals surface area (Å²) in [6, 6.07) is 102. The van der Waals surface area contributed by atoms with Gasteiger partial charge in [-0.25, -0.2) is 29.6 Å². The van der Waals surface area contributed by atoms with Crippen LogP contribution in [0.2, 0.25) is 0 Å². The van der Waals surface area contributed by atoms with Crippen molar-refractivity contribution in [2.75, 3.05) is 0 Å². The summed E-state index contributed by atoms with van der Waals surface area (Å²) in [6.07, 6.45) is 0. The molecule has 8 nitrogen and oxygen atoms in total. The zero-order valence-corrected chi connectivity index (χ0v) is 49.4. The van der Waals surface area contributed by atoms with Gasteiger partial charge in [-0.15, -0.1) is 0 Å². The van der Waals surface area contributed by atoms with E-state index in [2.05, 4.69) is 208 Å². The lowest BCUT2D eigenvalue weighted by molar-refractivity contribution is 1.15. The molecule has 16 aromatic rings. The Hall–Kier alpha value is -12.6. The first-order valence-electron chi connectivity index (χ1n) is 30.2. The van der Waals surface area contributed by atoms with Crippen LogP contribution in [0.4, 0.5) is 11.4 Å². The molecule has 0 spiro atoms. The van der Waals surface area contributed by atoms with E-state index in [0.29, 0.717) is 17.1 Å². The van der Waals surface area contributed by atoms with E-state index in [-0.39, 0.29) is 0 Å². The van der Waals surface area contributed by atoms with Gasteiger partial charge < -0.3 is 9.13 Å². The summed E-state index contributed by atoms with van der Waals surface area (Å²) in [4.78, 5) is 29.8. The van der Waals surface area contributed by atoms with Crippen molar-refractivity contribution >= 4 is 55.0 Å². The molecular weight excluding hydrogens is 1110 g/mol. The number of nitrogens with zero attached hydrogens (tertiary/aromatic N) is 8. The van der Waals surface area contributed by atoms with Gasteiger partial charge in [0.15, 0.2) is 5.69 Å². The minimum Gasteiger partial charge on any atom is -0.319 e. The fourth-order valence-electron chi connectivity index (χ4n) is 13.0. The maximum Gasteiger partial charge on any atom is 0.212 e. The van der Waals surface area contributed by atoms with E-state index in [1.54, 1.807) is 0 Å². The Bertz CT molecular complexity index is 5340. The third kappa shape index (κ3) is 9.66. The molecule has 10 aromatic carbocycles. The summed E-state index contributed by atoms with van der Waals surface area (Å²) in [5, 5.41) is 4.05. The van der Waals surface area contributed by atoms with Crippen molar-refractivity contribution in [3.05, 3.63) is 326 Å². The number of aromatic nitrogens is 6. The molecule has 16 rings (SSSR count). The average Bonchev–Trinajstić information content (AvgIpc) is 1.60. The molecular formula is C83H52N8. The van der Waals surface area contributed by atoms with Crippen molar-refractivity contribution in [1.82, 2.24) is 29.1 Å². The second-order valence-electron chi connectivity index (χ2n) is 22.7. The average molecular weight is 1160 g/mol. The lowest BCUT2D eigenvalue weighted by Gasteiger charge is -2.21. The highest BCUT2D eigenvalue weighted by molar-refractivity contribution is 6.14. The van der Waals surface area contributed by atoms with Crippen molar-refractivity contribution in [2.24, 2.45) is 0 Å². The Labute approximate surface area is 526 Å². The summed E-state index contributed by atoms with van der Waals surface area (Å²) in [7, 11) is 0. The van der Waals surface area contributed by atoms with Crippen LogP contribution in [-0.2, 0) is 0 Å². The van der Waals surface area contributed by atoms with Gasteiger partial charge in [0.05, 0.1) is 86.4 Å². The summed E-state index contributed by atoms with van der Waals surface area (Å²) >= 11 is 0. The SMILES string of the molecule is [C-]#[N+]c1cc(-n2c3cc(-c4cccc(-c5ccccc5)n4)ccc3c3ccc(-c4cccc(-c5ccccc5)n4)cc32)c(-c2c(C)cccc2[N+]#[C-])cc1-n1c2cc(-c3cccc(-c4ccccc4)n3)ccc2c2ccc(-c3cccc(-c4ccccc4)n3)cc21. The maximum absolute atomic E-state index is 9.40. The first kappa shape index (κ1) is 53.8. The van der Waals surface area contributed by atoms with E-state index in [9.17, 15) is 6.57 Å². The zero-order chi connectivity index (χ0) is 60.9. The second-order valence-corrected chi connectivity index (χ2v) is 22.7. The Balaban J connectivity index is 0.983. The van der Waals surface area contributed by atoms with Crippen LogP contribution in [-0.4, -0.2) is 29.1 Å². The van der Waals surface area contributed by atoms with Crippen LogP contribution in [0, 0.1) is 20.1 Å². The summed E-state index contributed by atoms with van der Waals surface area (Å²) in [6.45, 7) is 20.3. The largest absolute Gasteiger partial charge is 0.319 e. The van der Waals surface area contributed by atoms with Crippen LogP contribution >= 0.6 is 0 Å². The summed E-state index contributed by atoms with van der Waals surface area (Å²) in [5.74, 6) is 0. The Kier molecular flexibility index (Phi) is 13.4. The van der Waals surface area contributed by atoms with Gasteiger partial charge >= 0.3 is 0 Å². The van der Waals surface area contributed by atoms with Crippen molar-refractivity contribution < 1.29 is 0 Å². The van der Waals surface area contributed by atoms with Crippen LogP contribution in [0.1, 0.15) is 5.56 Å². The molecule has 0 aliphatic carbocycles. The molecule has 0 atom stereocenters. The van der Waals surface area contributed by atoms with Gasteiger partial charge in [0.1, 0.15) is 0 Å². The van der Waals surface area contributed by atoms with E-state index in [4.69, 9.17) is 26.5 Å². The molecule has 91 heavy (non-hydrogen) atoms. The topological polar surface area (TPSA) is 70.1 Å². The van der Waals surface area contributed by atoms with E-state index in [0.717, 1.165) is 156 Å². The predicted octanol–water partition coefficient (Wildman–Crippen LogP) is 21.9. The molecule has 0 saturated carbocycles. The summed E-state index contributed by atoms with van der Waals surface area (Å²) in [5.41, 5.74) is 23.0. The standard InChI is InChI=1S/C83H52N8/c1-53-21-16-38-75(84-2)83(53)66-51-82(91-79-49-60(73-36-19-32-69(88-73)56-26-12-6-13-27-56)41-45-64(79)65-46-42-61(50-80(65)91)74-37-20-33-70(89-74)57-28-14-7-15-29-57)76(85-3)52-81(66)90-77-47-58(71-34-17-30-67(86-71)54-22-8-4-9-23-54)39-43-62(77)63-44-40-59(48-78(63)90)72-35-18-31-68(87-72)55-24-10-5-11-25-55/h4-52H,1H3. The minimum atomic E-state index is 0.413. The zero-order valence-electron chi connectivity index (χ0n) is 49.4. The highest BCUT2D eigenvalue weighted by atomic mass is 15.0. The van der Waals surface area contributed by atoms with E-state index in [1.165, 1.54) is 0 Å². The Morgan fingerprint density at radius 1 is 0.264 bits per heavy atom. The molecule has 6 aromatic heterocycles. The van der Waals surface area contributed by atoms with Crippen LogP contribution in [0.5, 0.6) is 0 Å². The highest BCUT2D eigenvalue weighted by Crippen LogP contribution is 2.48. The Morgan fingerprint density at radius 3 is 0.879 bits per heavy atom. The number of pyridine rings is 4. The smallest absolute Gasteiger partial charge is 0.212 e. The maximum atomic E-state index is 9.40. The molecule has 0 radical (unpaired) electrons. The van der Waals surface area contributed by atoms with Crippen LogP contribution in [0.25, 0.3) is 166 Å². The Morgan fingerprint density at radius 2 is 0.560 bits per heavy atom. The summed E-state index contributed by atoms with van der Waals surface area (Å²) < 4.78 is 4.54. The number of rotatable bonds is 11. The quantitative estimate of drug-likeness (QED) is 0.121. The number of hydrogen-bond acceptors (Lipinski definition) is 4. The fourth-order valence-corrected chi connectivity index (χ4v) is 13.0. The molecule has 0 N–H and O–H groups in total. The van der Waals surface area contributed by atoms with Crippen LogP contribution < -0.4 is 0 Å². The normalized spacial score (nSPS) is 11.3. The van der Waals surface area contributed by atoms with Gasteiger partial charge in [0.2, 0.25) is 5.69 Å². The molecule has 0 fully saturated rings. The minimum absolute atomic E-state index is 0.413. The van der Waals surface area contributed by atoms with Gasteiger partial charge in [0, 0.05) is 71.7 Å². The van der Waals surface area contributed by atoms with Crippen molar-refractivity contribution in [3.63, 3.8) is 0 Å². The second kappa shape index (κ2) is 22.6. The van der Waals surface area contributed by atoms with Gasteiger partial charge in [-0.05, 0) is 103 Å². The van der Waals surface area contributed by atoms with Crippen molar-refractivity contribution in [2.45, 2.75) is 6.92 Å². The van der Waals surface area contributed by atoms with E-state index < -0.39 is 0 Å². The van der Waals surface area contributed by atoms with Gasteiger partial charge in [-0.3, -0.25) is 0 Å². The number of fused-ring (bicyclic) bond motifs is 6. The number of benzene rings is 10. The van der Waals surface area contributed by atoms with E-state index in [1.807, 2.05) is 115 Å². The molecule has 424 valence electrons. The molecule has 0 aliphatic rings. The molecule has 8 heteroatoms. The van der Waals surface area contributed by atoms with Crippen LogP contribution in [0.3, 0.4) is 0 Å². The highest BCUT2D eigenvalue weighted by Gasteiger charge is 2.26. The third-order valence-electron chi connectivity index (χ3n) is 17.3. The van der Waals surface area contributed by atoms with Gasteiger partial charge in [0.25, 0.3) is 0 Å². The monoisotopic (exact) mass is 1160 g/mol. The fraction of sp³-hybridized carbons (Fsp3) is 0.0120. The van der Waals surface area contributed by atoms with Gasteiger partial charge in [-0.2, -0.15) is 0 Å². The first-order valence-corrected chi connectivity index (χ1v) is 30.2. The lowest BCUT2D eigenvalue weighted by Crippen LogP contribution is -2.03. The predicted molar refractivity (Wildman–Crippen MR) is 372 cm³/mol. The van der Waals surface area contributed by atoms with Crippen molar-refractivity contribution in [3.8, 4) is 113 Å². The van der Waals surface area contributed by atoms with Crippen LogP contribution in [0.15, 0.2) is 297 Å². The molecule has 0 unspecified atom stereocenters. The molecule has 0 amide bonds.